The van der Waals surface area contributed by atoms with E-state index in [2.05, 4.69) is 26.6 Å². The van der Waals surface area contributed by atoms with Gasteiger partial charge in [0.25, 0.3) is 11.1 Å². The lowest BCUT2D eigenvalue weighted by molar-refractivity contribution is -0.122. The van der Waals surface area contributed by atoms with Crippen LogP contribution in [-0.4, -0.2) is 34.2 Å². The molecule has 2 heterocycles. The Morgan fingerprint density at radius 3 is 2.85 bits per heavy atom. The monoisotopic (exact) mass is 465 g/mol. The van der Waals surface area contributed by atoms with E-state index in [-0.39, 0.29) is 17.7 Å². The quantitative estimate of drug-likeness (QED) is 0.496. The van der Waals surface area contributed by atoms with E-state index in [1.165, 1.54) is 4.90 Å². The Hall–Kier alpha value is -2.10. The Balaban J connectivity index is 1.49. The Kier molecular flexibility index (Phi) is 6.70. The maximum atomic E-state index is 12.5. The van der Waals surface area contributed by atoms with Crippen molar-refractivity contribution in [3.63, 3.8) is 0 Å². The number of benzene rings is 1. The van der Waals surface area contributed by atoms with Crippen LogP contribution in [0.1, 0.15) is 11.3 Å². The molecule has 6 nitrogen and oxygen atoms in total. The van der Waals surface area contributed by atoms with Gasteiger partial charge in [0.2, 0.25) is 0 Å². The molecule has 2 aromatic rings. The second-order valence-corrected chi connectivity index (χ2v) is 7.89. The average molecular weight is 466 g/mol. The first-order chi connectivity index (χ1) is 13.0. The van der Waals surface area contributed by atoms with Crippen LogP contribution in [-0.2, 0) is 11.3 Å². The summed E-state index contributed by atoms with van der Waals surface area (Å²) in [5.74, 6) is 0.476. The van der Waals surface area contributed by atoms with Gasteiger partial charge in [-0.2, -0.15) is 0 Å². The Bertz CT molecular complexity index is 884. The third-order valence-electron chi connectivity index (χ3n) is 3.64. The summed E-state index contributed by atoms with van der Waals surface area (Å²) < 4.78 is 6.12. The number of carbonyl (C=O) groups excluding carboxylic acids is 2. The molecule has 2 amide bonds. The van der Waals surface area contributed by atoms with Gasteiger partial charge in [-0.1, -0.05) is 28.1 Å². The normalized spacial score (nSPS) is 15.4. The predicted octanol–water partition coefficient (Wildman–Crippen LogP) is 3.74. The van der Waals surface area contributed by atoms with E-state index in [1.54, 1.807) is 18.4 Å². The fourth-order valence-electron chi connectivity index (χ4n) is 2.36. The highest BCUT2D eigenvalue weighted by Gasteiger charge is 2.34. The van der Waals surface area contributed by atoms with Gasteiger partial charge in [0, 0.05) is 17.6 Å². The van der Waals surface area contributed by atoms with Gasteiger partial charge in [-0.15, -0.1) is 0 Å². The third kappa shape index (κ3) is 5.44. The fourth-order valence-corrected chi connectivity index (χ4v) is 3.82. The number of imide groups is 1. The number of hydrogen-bond acceptors (Lipinski definition) is 5. The van der Waals surface area contributed by atoms with Crippen molar-refractivity contribution in [1.29, 1.82) is 0 Å². The summed E-state index contributed by atoms with van der Waals surface area (Å²) in [5, 5.41) is 6.13. The lowest BCUT2D eigenvalue weighted by atomic mass is 10.2. The maximum Gasteiger partial charge on any atom is 0.293 e. The molecule has 1 fully saturated rings. The lowest BCUT2D eigenvalue weighted by Gasteiger charge is -2.14. The summed E-state index contributed by atoms with van der Waals surface area (Å²) in [4.78, 5) is 26.2. The number of halogens is 1. The minimum atomic E-state index is -0.291. The summed E-state index contributed by atoms with van der Waals surface area (Å²) in [6.45, 7) is 1.07. The highest BCUT2D eigenvalue weighted by Crippen LogP contribution is 2.32. The predicted molar refractivity (Wildman–Crippen MR) is 113 cm³/mol. The van der Waals surface area contributed by atoms with E-state index in [1.807, 2.05) is 30.3 Å². The van der Waals surface area contributed by atoms with Crippen LogP contribution in [0.3, 0.4) is 0 Å². The first-order valence-electron chi connectivity index (χ1n) is 8.08. The molecule has 0 spiro atoms. The van der Waals surface area contributed by atoms with Crippen molar-refractivity contribution < 1.29 is 14.0 Å². The van der Waals surface area contributed by atoms with Crippen molar-refractivity contribution >= 4 is 62.2 Å². The van der Waals surface area contributed by atoms with Gasteiger partial charge >= 0.3 is 0 Å². The van der Waals surface area contributed by atoms with Crippen LogP contribution in [0.25, 0.3) is 6.08 Å². The smallest absolute Gasteiger partial charge is 0.293 e. The summed E-state index contributed by atoms with van der Waals surface area (Å²) in [6.07, 6.45) is 3.31. The van der Waals surface area contributed by atoms with Crippen molar-refractivity contribution in [3.05, 3.63) is 63.4 Å². The highest BCUT2D eigenvalue weighted by molar-refractivity contribution is 9.10. The molecule has 140 valence electrons. The molecular formula is C18H16BrN3O3S2. The van der Waals surface area contributed by atoms with Crippen LogP contribution in [0.4, 0.5) is 4.79 Å². The molecule has 1 aliphatic heterocycles. The standard InChI is InChI=1S/C18H16BrN3O3S2/c19-13-4-1-3-12(9-13)10-15-16(23)22(18(24)27-15)7-6-20-17(26)21-11-14-5-2-8-25-14/h1-5,8-10H,6-7,11H2,(H2,20,21,26)/b15-10-. The van der Waals surface area contributed by atoms with Gasteiger partial charge < -0.3 is 15.1 Å². The van der Waals surface area contributed by atoms with Gasteiger partial charge in [-0.05, 0) is 59.9 Å². The number of thiocarbonyl (C=S) groups is 1. The van der Waals surface area contributed by atoms with Crippen molar-refractivity contribution in [3.8, 4) is 0 Å². The molecule has 2 N–H and O–H groups in total. The van der Waals surface area contributed by atoms with E-state index in [0.717, 1.165) is 27.6 Å². The number of rotatable bonds is 6. The largest absolute Gasteiger partial charge is 0.467 e. The first kappa shape index (κ1) is 19.7. The molecule has 0 aliphatic carbocycles. The van der Waals surface area contributed by atoms with E-state index in [4.69, 9.17) is 16.6 Å². The van der Waals surface area contributed by atoms with Crippen molar-refractivity contribution in [2.24, 2.45) is 0 Å². The highest BCUT2D eigenvalue weighted by atomic mass is 79.9. The van der Waals surface area contributed by atoms with Crippen LogP contribution < -0.4 is 10.6 Å². The SMILES string of the molecule is O=C1S/C(=C\c2cccc(Br)c2)C(=O)N1CCNC(=S)NCc1ccco1. The molecule has 1 aromatic carbocycles. The summed E-state index contributed by atoms with van der Waals surface area (Å²) in [6, 6.07) is 11.2. The van der Waals surface area contributed by atoms with Crippen LogP contribution >= 0.6 is 39.9 Å². The second-order valence-electron chi connectivity index (χ2n) is 5.58. The molecule has 3 rings (SSSR count). The number of hydrogen-bond donors (Lipinski definition) is 2. The number of nitrogens with zero attached hydrogens (tertiary/aromatic N) is 1. The lowest BCUT2D eigenvalue weighted by Crippen LogP contribution is -2.41. The summed E-state index contributed by atoms with van der Waals surface area (Å²) in [7, 11) is 0. The molecule has 0 radical (unpaired) electrons. The minimum Gasteiger partial charge on any atom is -0.467 e. The van der Waals surface area contributed by atoms with Crippen molar-refractivity contribution in [2.75, 3.05) is 13.1 Å². The molecule has 9 heteroatoms. The van der Waals surface area contributed by atoms with Gasteiger partial charge in [-0.25, -0.2) is 0 Å². The van der Waals surface area contributed by atoms with Gasteiger partial charge in [0.1, 0.15) is 5.76 Å². The first-order valence-corrected chi connectivity index (χ1v) is 10.1. The molecule has 0 saturated carbocycles. The van der Waals surface area contributed by atoms with Gasteiger partial charge in [-0.3, -0.25) is 14.5 Å². The Labute approximate surface area is 174 Å². The van der Waals surface area contributed by atoms with Gasteiger partial charge in [0.05, 0.1) is 17.7 Å². The topological polar surface area (TPSA) is 74.6 Å². The fraction of sp³-hybridized carbons (Fsp3) is 0.167. The number of thioether (sulfide) groups is 1. The molecule has 1 aromatic heterocycles. The summed E-state index contributed by atoms with van der Waals surface area (Å²) >= 11 is 9.51. The zero-order chi connectivity index (χ0) is 19.2. The van der Waals surface area contributed by atoms with E-state index >= 15 is 0 Å². The number of furan rings is 1. The second kappa shape index (κ2) is 9.20. The maximum absolute atomic E-state index is 12.5. The van der Waals surface area contributed by atoms with Crippen molar-refractivity contribution in [1.82, 2.24) is 15.5 Å². The zero-order valence-electron chi connectivity index (χ0n) is 14.1. The summed E-state index contributed by atoms with van der Waals surface area (Å²) in [5.41, 5.74) is 0.858. The Morgan fingerprint density at radius 1 is 1.26 bits per heavy atom. The van der Waals surface area contributed by atoms with Crippen LogP contribution in [0.15, 0.2) is 56.5 Å². The molecular weight excluding hydrogens is 450 g/mol. The molecule has 1 aliphatic rings. The molecule has 0 bridgehead atoms. The van der Waals surface area contributed by atoms with Crippen LogP contribution in [0.2, 0.25) is 0 Å². The van der Waals surface area contributed by atoms with Crippen LogP contribution in [0, 0.1) is 0 Å². The average Bonchev–Trinajstić information content (AvgIpc) is 3.24. The van der Waals surface area contributed by atoms with E-state index in [9.17, 15) is 9.59 Å². The number of amides is 2. The van der Waals surface area contributed by atoms with Gasteiger partial charge in [0.15, 0.2) is 5.11 Å². The molecule has 0 unspecified atom stereocenters. The molecule has 27 heavy (non-hydrogen) atoms. The number of carbonyl (C=O) groups is 2. The van der Waals surface area contributed by atoms with Crippen molar-refractivity contribution in [2.45, 2.75) is 6.54 Å². The minimum absolute atomic E-state index is 0.239. The zero-order valence-corrected chi connectivity index (χ0v) is 17.3. The molecule has 1 saturated heterocycles. The third-order valence-corrected chi connectivity index (χ3v) is 5.33. The van der Waals surface area contributed by atoms with Crippen LogP contribution in [0.5, 0.6) is 0 Å². The Morgan fingerprint density at radius 2 is 2.11 bits per heavy atom. The van der Waals surface area contributed by atoms with E-state index in [0.29, 0.717) is 23.1 Å². The van der Waals surface area contributed by atoms with E-state index < -0.39 is 0 Å². The molecule has 0 atom stereocenters. The number of nitrogens with one attached hydrogen (secondary N) is 2.